The van der Waals surface area contributed by atoms with E-state index in [0.29, 0.717) is 5.56 Å². The fourth-order valence-corrected chi connectivity index (χ4v) is 3.56. The van der Waals surface area contributed by atoms with Gasteiger partial charge in [0.25, 0.3) is 0 Å². The second-order valence-electron chi connectivity index (χ2n) is 6.39. The minimum Gasteiger partial charge on any atom is -0.352 e. The van der Waals surface area contributed by atoms with Crippen LogP contribution in [-0.2, 0) is 27.5 Å². The Kier molecular flexibility index (Phi) is 7.23. The third-order valence-corrected chi connectivity index (χ3v) is 5.22. The van der Waals surface area contributed by atoms with Gasteiger partial charge in [-0.05, 0) is 42.3 Å². The van der Waals surface area contributed by atoms with Crippen molar-refractivity contribution in [2.75, 3.05) is 17.1 Å². The Hall–Kier alpha value is -2.62. The van der Waals surface area contributed by atoms with Gasteiger partial charge in [-0.15, -0.1) is 0 Å². The highest BCUT2D eigenvalue weighted by atomic mass is 32.2. The molecule has 0 aliphatic rings. The van der Waals surface area contributed by atoms with E-state index in [1.807, 2.05) is 0 Å². The van der Waals surface area contributed by atoms with Crippen molar-refractivity contribution in [2.24, 2.45) is 0 Å². The van der Waals surface area contributed by atoms with Crippen LogP contribution < -0.4 is 9.62 Å². The molecular weight excluding hydrogens is 412 g/mol. The topological polar surface area (TPSA) is 66.5 Å². The van der Waals surface area contributed by atoms with Crippen LogP contribution in [0.15, 0.2) is 48.5 Å². The van der Waals surface area contributed by atoms with E-state index in [2.05, 4.69) is 5.32 Å². The summed E-state index contributed by atoms with van der Waals surface area (Å²) in [6, 6.07) is 9.59. The normalized spacial score (nSPS) is 11.9. The Morgan fingerprint density at radius 1 is 1.10 bits per heavy atom. The zero-order valence-electron chi connectivity index (χ0n) is 15.5. The molecule has 0 radical (unpaired) electrons. The van der Waals surface area contributed by atoms with Crippen LogP contribution in [0.1, 0.15) is 24.0 Å². The minimum absolute atomic E-state index is 0.0217. The third-order valence-electron chi connectivity index (χ3n) is 4.03. The van der Waals surface area contributed by atoms with Gasteiger partial charge in [0, 0.05) is 19.5 Å². The van der Waals surface area contributed by atoms with Gasteiger partial charge in [0.15, 0.2) is 0 Å². The molecule has 0 bridgehead atoms. The summed E-state index contributed by atoms with van der Waals surface area (Å²) >= 11 is 0. The molecule has 1 amide bonds. The lowest BCUT2D eigenvalue weighted by Gasteiger charge is -2.23. The average molecular weight is 432 g/mol. The number of benzene rings is 2. The fourth-order valence-electron chi connectivity index (χ4n) is 2.60. The van der Waals surface area contributed by atoms with Crippen LogP contribution in [0, 0.1) is 5.82 Å². The molecule has 0 aliphatic heterocycles. The van der Waals surface area contributed by atoms with Crippen molar-refractivity contribution in [3.63, 3.8) is 0 Å². The first-order valence-corrected chi connectivity index (χ1v) is 10.5. The highest BCUT2D eigenvalue weighted by Gasteiger charge is 2.31. The number of hydrogen-bond donors (Lipinski definition) is 1. The number of carbonyl (C=O) groups is 1. The smallest absolute Gasteiger partial charge is 0.352 e. The number of hydrogen-bond acceptors (Lipinski definition) is 3. The van der Waals surface area contributed by atoms with Gasteiger partial charge in [-0.3, -0.25) is 9.10 Å². The monoisotopic (exact) mass is 432 g/mol. The summed E-state index contributed by atoms with van der Waals surface area (Å²) in [6.07, 6.45) is -3.62. The first-order chi connectivity index (χ1) is 13.5. The minimum atomic E-state index is -4.60. The van der Waals surface area contributed by atoms with Gasteiger partial charge in [0.1, 0.15) is 5.82 Å². The lowest BCUT2D eigenvalue weighted by molar-refractivity contribution is -0.137. The summed E-state index contributed by atoms with van der Waals surface area (Å²) in [5, 5.41) is 2.62. The number of anilines is 1. The predicted molar refractivity (Wildman–Crippen MR) is 101 cm³/mol. The van der Waals surface area contributed by atoms with Crippen molar-refractivity contribution in [3.05, 3.63) is 65.5 Å². The first kappa shape index (κ1) is 22.7. The lowest BCUT2D eigenvalue weighted by Crippen LogP contribution is -2.32. The number of nitrogens with one attached hydrogen (secondary N) is 1. The summed E-state index contributed by atoms with van der Waals surface area (Å²) in [6.45, 7) is 0.0344. The number of amides is 1. The van der Waals surface area contributed by atoms with Crippen LogP contribution in [0.2, 0.25) is 0 Å². The molecule has 0 aliphatic carbocycles. The Morgan fingerprint density at radius 3 is 2.34 bits per heavy atom. The Morgan fingerprint density at radius 2 is 1.76 bits per heavy atom. The van der Waals surface area contributed by atoms with Gasteiger partial charge in [0.05, 0.1) is 17.5 Å². The van der Waals surface area contributed by atoms with Gasteiger partial charge < -0.3 is 5.32 Å². The Labute approximate surface area is 166 Å². The van der Waals surface area contributed by atoms with Gasteiger partial charge in [-0.25, -0.2) is 12.8 Å². The first-order valence-electron chi connectivity index (χ1n) is 8.63. The molecule has 0 aromatic heterocycles. The van der Waals surface area contributed by atoms with Crippen LogP contribution in [0.5, 0.6) is 0 Å². The molecule has 0 atom stereocenters. The number of rotatable bonds is 8. The molecule has 5 nitrogen and oxygen atoms in total. The van der Waals surface area contributed by atoms with E-state index in [9.17, 15) is 30.8 Å². The zero-order valence-corrected chi connectivity index (χ0v) is 16.4. The molecule has 0 saturated heterocycles. The van der Waals surface area contributed by atoms with Crippen LogP contribution in [0.4, 0.5) is 23.2 Å². The predicted octanol–water partition coefficient (Wildman–Crippen LogP) is 3.71. The lowest BCUT2D eigenvalue weighted by atomic mass is 10.2. The molecule has 158 valence electrons. The van der Waals surface area contributed by atoms with Crippen molar-refractivity contribution in [2.45, 2.75) is 25.6 Å². The van der Waals surface area contributed by atoms with Crippen LogP contribution in [0.25, 0.3) is 0 Å². The number of nitrogens with zero attached hydrogens (tertiary/aromatic N) is 1. The quantitative estimate of drug-likeness (QED) is 0.647. The maximum atomic E-state index is 12.9. The number of sulfonamides is 1. The van der Waals surface area contributed by atoms with Gasteiger partial charge in [0.2, 0.25) is 15.9 Å². The molecule has 0 unspecified atom stereocenters. The molecule has 0 heterocycles. The van der Waals surface area contributed by atoms with E-state index >= 15 is 0 Å². The van der Waals surface area contributed by atoms with Crippen molar-refractivity contribution in [1.82, 2.24) is 5.32 Å². The van der Waals surface area contributed by atoms with Crippen LogP contribution in [-0.4, -0.2) is 27.1 Å². The Balaban J connectivity index is 1.96. The molecule has 10 heteroatoms. The molecule has 0 saturated carbocycles. The molecular formula is C19H20F4N2O3S. The van der Waals surface area contributed by atoms with Gasteiger partial charge in [-0.2, -0.15) is 13.2 Å². The third kappa shape index (κ3) is 7.04. The summed E-state index contributed by atoms with van der Waals surface area (Å²) < 4.78 is 76.4. The molecule has 29 heavy (non-hydrogen) atoms. The van der Waals surface area contributed by atoms with E-state index in [-0.39, 0.29) is 37.5 Å². The molecule has 2 rings (SSSR count). The van der Waals surface area contributed by atoms with E-state index in [1.165, 1.54) is 30.3 Å². The standard InChI is InChI=1S/C19H20F4N2O3S/c1-29(27,28)25(17-5-2-4-15(12-17)19(21,22)23)11-3-6-18(26)24-13-14-7-9-16(20)10-8-14/h2,4-5,7-10,12H,3,6,11,13H2,1H3,(H,24,26). The average Bonchev–Trinajstić information content (AvgIpc) is 2.63. The maximum Gasteiger partial charge on any atom is 0.416 e. The molecule has 2 aromatic rings. The van der Waals surface area contributed by atoms with Crippen molar-refractivity contribution in [1.29, 1.82) is 0 Å². The van der Waals surface area contributed by atoms with Crippen LogP contribution in [0.3, 0.4) is 0 Å². The summed E-state index contributed by atoms with van der Waals surface area (Å²) in [4.78, 5) is 11.9. The second kappa shape index (κ2) is 9.25. The number of carbonyl (C=O) groups excluding carboxylic acids is 1. The molecule has 1 N–H and O–H groups in total. The number of halogens is 4. The fraction of sp³-hybridized carbons (Fsp3) is 0.316. The number of alkyl halides is 3. The molecule has 0 spiro atoms. The van der Waals surface area contributed by atoms with Crippen LogP contribution >= 0.6 is 0 Å². The zero-order chi connectivity index (χ0) is 21.7. The van der Waals surface area contributed by atoms with Crippen molar-refractivity contribution >= 4 is 21.6 Å². The Bertz CT molecular complexity index is 945. The largest absolute Gasteiger partial charge is 0.416 e. The van der Waals surface area contributed by atoms with Gasteiger partial charge in [-0.1, -0.05) is 18.2 Å². The highest BCUT2D eigenvalue weighted by Crippen LogP contribution is 2.32. The van der Waals surface area contributed by atoms with Gasteiger partial charge >= 0.3 is 6.18 Å². The van der Waals surface area contributed by atoms with E-state index in [0.717, 1.165) is 28.8 Å². The second-order valence-corrected chi connectivity index (χ2v) is 8.30. The summed E-state index contributed by atoms with van der Waals surface area (Å²) in [5.74, 6) is -0.748. The van der Waals surface area contributed by atoms with E-state index in [1.54, 1.807) is 0 Å². The van der Waals surface area contributed by atoms with E-state index in [4.69, 9.17) is 0 Å². The summed E-state index contributed by atoms with van der Waals surface area (Å²) in [5.41, 5.74) is -0.379. The van der Waals surface area contributed by atoms with E-state index < -0.39 is 27.6 Å². The molecule has 0 fully saturated rings. The SMILES string of the molecule is CS(=O)(=O)N(CCCC(=O)NCc1ccc(F)cc1)c1cccc(C(F)(F)F)c1. The maximum absolute atomic E-state index is 12.9. The van der Waals surface area contributed by atoms with Crippen molar-refractivity contribution in [3.8, 4) is 0 Å². The molecule has 2 aromatic carbocycles. The highest BCUT2D eigenvalue weighted by molar-refractivity contribution is 7.92. The summed E-state index contributed by atoms with van der Waals surface area (Å²) in [7, 11) is -3.84. The van der Waals surface area contributed by atoms with Crippen molar-refractivity contribution < 1.29 is 30.8 Å².